The number of hydrogen-bond acceptors (Lipinski definition) is 4. The summed E-state index contributed by atoms with van der Waals surface area (Å²) in [5.74, 6) is 1.95. The normalized spacial score (nSPS) is 11.6. The molecule has 0 saturated carbocycles. The lowest BCUT2D eigenvalue weighted by Crippen LogP contribution is -2.38. The molecule has 0 aliphatic heterocycles. The summed E-state index contributed by atoms with van der Waals surface area (Å²) in [6, 6.07) is 21.2. The molecule has 0 saturated heterocycles. The molecule has 0 bridgehead atoms. The third-order valence-corrected chi connectivity index (χ3v) is 4.13. The number of hydrogen-bond donors (Lipinski definition) is 1. The third-order valence-electron chi connectivity index (χ3n) is 4.13. The van der Waals surface area contributed by atoms with E-state index in [9.17, 15) is 4.79 Å². The van der Waals surface area contributed by atoms with Gasteiger partial charge in [0.25, 0.3) is 5.91 Å². The van der Waals surface area contributed by atoms with E-state index in [0.29, 0.717) is 18.9 Å². The first-order chi connectivity index (χ1) is 13.2. The first kappa shape index (κ1) is 18.6. The van der Waals surface area contributed by atoms with Crippen molar-refractivity contribution in [3.63, 3.8) is 0 Å². The molecular formula is C22H23NO4. The Hall–Kier alpha value is -3.21. The Morgan fingerprint density at radius 3 is 2.33 bits per heavy atom. The minimum atomic E-state index is -0.598. The molecule has 1 N–H and O–H groups in total. The van der Waals surface area contributed by atoms with Crippen LogP contribution in [-0.2, 0) is 4.79 Å². The summed E-state index contributed by atoms with van der Waals surface area (Å²) in [6.07, 6.45) is -0.598. The zero-order valence-electron chi connectivity index (χ0n) is 15.5. The van der Waals surface area contributed by atoms with Gasteiger partial charge in [-0.3, -0.25) is 4.79 Å². The van der Waals surface area contributed by atoms with Crippen LogP contribution in [0.3, 0.4) is 0 Å². The predicted molar refractivity (Wildman–Crippen MR) is 106 cm³/mol. The van der Waals surface area contributed by atoms with Crippen LogP contribution in [0.4, 0.5) is 0 Å². The molecule has 3 rings (SSSR count). The second-order valence-electron chi connectivity index (χ2n) is 6.08. The fourth-order valence-electron chi connectivity index (χ4n) is 2.66. The van der Waals surface area contributed by atoms with Crippen molar-refractivity contribution in [1.82, 2.24) is 5.32 Å². The number of ether oxygens (including phenoxy) is 3. The average Bonchev–Trinajstić information content (AvgIpc) is 2.71. The summed E-state index contributed by atoms with van der Waals surface area (Å²) in [5, 5.41) is 5.11. The lowest BCUT2D eigenvalue weighted by atomic mass is 10.1. The number of amides is 1. The lowest BCUT2D eigenvalue weighted by molar-refractivity contribution is -0.127. The quantitative estimate of drug-likeness (QED) is 0.617. The van der Waals surface area contributed by atoms with Gasteiger partial charge in [-0.05, 0) is 54.1 Å². The van der Waals surface area contributed by atoms with Crippen LogP contribution < -0.4 is 19.5 Å². The van der Waals surface area contributed by atoms with Crippen molar-refractivity contribution in [2.75, 3.05) is 20.3 Å². The Morgan fingerprint density at radius 1 is 0.926 bits per heavy atom. The highest BCUT2D eigenvalue weighted by Crippen LogP contribution is 2.20. The molecule has 1 atom stereocenters. The molecule has 3 aromatic carbocycles. The van der Waals surface area contributed by atoms with Gasteiger partial charge in [0, 0.05) is 0 Å². The Morgan fingerprint density at radius 2 is 1.59 bits per heavy atom. The highest BCUT2D eigenvalue weighted by molar-refractivity contribution is 5.83. The van der Waals surface area contributed by atoms with Crippen LogP contribution in [0.25, 0.3) is 10.8 Å². The van der Waals surface area contributed by atoms with Gasteiger partial charge in [-0.1, -0.05) is 30.3 Å². The molecule has 1 unspecified atom stereocenters. The van der Waals surface area contributed by atoms with Crippen molar-refractivity contribution < 1.29 is 19.0 Å². The van der Waals surface area contributed by atoms with Crippen LogP contribution in [0.1, 0.15) is 6.92 Å². The molecule has 0 aliphatic carbocycles. The van der Waals surface area contributed by atoms with E-state index < -0.39 is 6.10 Å². The molecule has 0 heterocycles. The standard InChI is InChI=1S/C22H23NO4/c1-16(27-20-11-9-19(25-2)10-12-20)22(24)23-13-14-26-21-8-7-17-5-3-4-6-18(17)15-21/h3-12,15-16H,13-14H2,1-2H3,(H,23,24). The molecule has 0 aliphatic rings. The number of carbonyl (C=O) groups is 1. The zero-order valence-corrected chi connectivity index (χ0v) is 15.5. The molecule has 0 fully saturated rings. The van der Waals surface area contributed by atoms with Gasteiger partial charge in [0.1, 0.15) is 23.9 Å². The van der Waals surface area contributed by atoms with Gasteiger partial charge in [0.2, 0.25) is 0 Å². The van der Waals surface area contributed by atoms with Crippen LogP contribution in [0.5, 0.6) is 17.2 Å². The van der Waals surface area contributed by atoms with Gasteiger partial charge in [0.05, 0.1) is 13.7 Å². The number of benzene rings is 3. The van der Waals surface area contributed by atoms with E-state index >= 15 is 0 Å². The fourth-order valence-corrected chi connectivity index (χ4v) is 2.66. The van der Waals surface area contributed by atoms with E-state index in [1.165, 1.54) is 5.39 Å². The number of carbonyl (C=O) groups excluding carboxylic acids is 1. The van der Waals surface area contributed by atoms with Gasteiger partial charge in [0.15, 0.2) is 6.10 Å². The van der Waals surface area contributed by atoms with Crippen molar-refractivity contribution in [3.05, 3.63) is 66.7 Å². The second-order valence-corrected chi connectivity index (χ2v) is 6.08. The first-order valence-electron chi connectivity index (χ1n) is 8.86. The van der Waals surface area contributed by atoms with Gasteiger partial charge in [-0.2, -0.15) is 0 Å². The van der Waals surface area contributed by atoms with E-state index in [1.807, 2.05) is 36.4 Å². The van der Waals surface area contributed by atoms with Gasteiger partial charge in [-0.25, -0.2) is 0 Å². The van der Waals surface area contributed by atoms with Crippen LogP contribution in [0.2, 0.25) is 0 Å². The van der Waals surface area contributed by atoms with E-state index in [-0.39, 0.29) is 5.91 Å². The summed E-state index contributed by atoms with van der Waals surface area (Å²) in [7, 11) is 1.60. The molecule has 1 amide bonds. The Balaban J connectivity index is 1.42. The summed E-state index contributed by atoms with van der Waals surface area (Å²) >= 11 is 0. The van der Waals surface area contributed by atoms with Crippen molar-refractivity contribution in [2.45, 2.75) is 13.0 Å². The van der Waals surface area contributed by atoms with Gasteiger partial charge >= 0.3 is 0 Å². The Kier molecular flexibility index (Phi) is 6.15. The predicted octanol–water partition coefficient (Wildman–Crippen LogP) is 3.81. The second kappa shape index (κ2) is 8.94. The molecule has 27 heavy (non-hydrogen) atoms. The van der Waals surface area contributed by atoms with Crippen molar-refractivity contribution in [3.8, 4) is 17.2 Å². The van der Waals surface area contributed by atoms with Crippen LogP contribution >= 0.6 is 0 Å². The van der Waals surface area contributed by atoms with E-state index in [0.717, 1.165) is 16.9 Å². The monoisotopic (exact) mass is 365 g/mol. The maximum Gasteiger partial charge on any atom is 0.260 e. The van der Waals surface area contributed by atoms with Gasteiger partial charge in [-0.15, -0.1) is 0 Å². The van der Waals surface area contributed by atoms with E-state index in [4.69, 9.17) is 14.2 Å². The molecule has 5 nitrogen and oxygen atoms in total. The largest absolute Gasteiger partial charge is 0.497 e. The molecule has 0 radical (unpaired) electrons. The van der Waals surface area contributed by atoms with E-state index in [1.54, 1.807) is 38.3 Å². The van der Waals surface area contributed by atoms with Crippen LogP contribution in [0, 0.1) is 0 Å². The Bertz CT molecular complexity index is 892. The Labute approximate surface area is 158 Å². The maximum absolute atomic E-state index is 12.1. The van der Waals surface area contributed by atoms with Crippen LogP contribution in [0.15, 0.2) is 66.7 Å². The van der Waals surface area contributed by atoms with Crippen molar-refractivity contribution >= 4 is 16.7 Å². The number of fused-ring (bicyclic) bond motifs is 1. The molecule has 3 aromatic rings. The smallest absolute Gasteiger partial charge is 0.260 e. The van der Waals surface area contributed by atoms with Crippen molar-refractivity contribution in [2.24, 2.45) is 0 Å². The fraction of sp³-hybridized carbons (Fsp3) is 0.227. The van der Waals surface area contributed by atoms with Gasteiger partial charge < -0.3 is 19.5 Å². The number of methoxy groups -OCH3 is 1. The molecular weight excluding hydrogens is 342 g/mol. The summed E-state index contributed by atoms with van der Waals surface area (Å²) in [6.45, 7) is 2.51. The van der Waals surface area contributed by atoms with Crippen molar-refractivity contribution in [1.29, 1.82) is 0 Å². The van der Waals surface area contributed by atoms with E-state index in [2.05, 4.69) is 11.4 Å². The minimum Gasteiger partial charge on any atom is -0.497 e. The average molecular weight is 365 g/mol. The summed E-state index contributed by atoms with van der Waals surface area (Å²) in [4.78, 5) is 12.1. The number of rotatable bonds is 8. The third kappa shape index (κ3) is 5.14. The maximum atomic E-state index is 12.1. The summed E-state index contributed by atoms with van der Waals surface area (Å²) in [5.41, 5.74) is 0. The minimum absolute atomic E-state index is 0.187. The topological polar surface area (TPSA) is 56.8 Å². The SMILES string of the molecule is COc1ccc(OC(C)C(=O)NCCOc2ccc3ccccc3c2)cc1. The molecule has 0 aromatic heterocycles. The first-order valence-corrected chi connectivity index (χ1v) is 8.86. The zero-order chi connectivity index (χ0) is 19.1. The number of nitrogens with one attached hydrogen (secondary N) is 1. The molecule has 5 heteroatoms. The lowest BCUT2D eigenvalue weighted by Gasteiger charge is -2.15. The summed E-state index contributed by atoms with van der Waals surface area (Å²) < 4.78 is 16.4. The van der Waals surface area contributed by atoms with Crippen LogP contribution in [-0.4, -0.2) is 32.3 Å². The molecule has 0 spiro atoms. The highest BCUT2D eigenvalue weighted by Gasteiger charge is 2.14. The highest BCUT2D eigenvalue weighted by atomic mass is 16.5. The molecule has 140 valence electrons.